The molecule has 0 radical (unpaired) electrons. The molecule has 90 valence electrons. The standard InChI is InChI=1S/C11H20N4O/c1-9(12)3-4-11(16)14-10(2)7-15-6-5-13-8-15/h5-6,8-10H,3-4,7,12H2,1-2H3,(H,14,16). The number of aromatic nitrogens is 2. The Labute approximate surface area is 96.0 Å². The predicted molar refractivity (Wildman–Crippen MR) is 62.7 cm³/mol. The smallest absolute Gasteiger partial charge is 0.220 e. The predicted octanol–water partition coefficient (Wildman–Crippen LogP) is 0.515. The highest BCUT2D eigenvalue weighted by Crippen LogP contribution is 1.96. The summed E-state index contributed by atoms with van der Waals surface area (Å²) in [5, 5.41) is 2.93. The lowest BCUT2D eigenvalue weighted by molar-refractivity contribution is -0.121. The molecule has 2 atom stereocenters. The van der Waals surface area contributed by atoms with Crippen LogP contribution in [0.1, 0.15) is 26.7 Å². The fourth-order valence-electron chi connectivity index (χ4n) is 1.46. The van der Waals surface area contributed by atoms with E-state index in [4.69, 9.17) is 5.73 Å². The van der Waals surface area contributed by atoms with E-state index in [0.29, 0.717) is 6.42 Å². The maximum atomic E-state index is 11.5. The summed E-state index contributed by atoms with van der Waals surface area (Å²) in [6.45, 7) is 4.62. The Morgan fingerprint density at radius 3 is 2.88 bits per heavy atom. The number of carbonyl (C=O) groups excluding carboxylic acids is 1. The van der Waals surface area contributed by atoms with Crippen molar-refractivity contribution in [2.75, 3.05) is 0 Å². The zero-order valence-corrected chi connectivity index (χ0v) is 9.89. The summed E-state index contributed by atoms with van der Waals surface area (Å²) in [7, 11) is 0. The summed E-state index contributed by atoms with van der Waals surface area (Å²) >= 11 is 0. The van der Waals surface area contributed by atoms with Crippen LogP contribution in [0.3, 0.4) is 0 Å². The molecule has 0 aliphatic rings. The third-order valence-corrected chi connectivity index (χ3v) is 2.28. The van der Waals surface area contributed by atoms with Gasteiger partial charge in [-0.15, -0.1) is 0 Å². The Hall–Kier alpha value is -1.36. The number of nitrogens with two attached hydrogens (primary N) is 1. The van der Waals surface area contributed by atoms with Gasteiger partial charge in [0.05, 0.1) is 6.33 Å². The Kier molecular flexibility index (Phi) is 4.98. The van der Waals surface area contributed by atoms with Gasteiger partial charge in [0.15, 0.2) is 0 Å². The molecule has 5 nitrogen and oxygen atoms in total. The van der Waals surface area contributed by atoms with Crippen LogP contribution >= 0.6 is 0 Å². The van der Waals surface area contributed by atoms with Crippen LogP contribution in [0.15, 0.2) is 18.7 Å². The maximum absolute atomic E-state index is 11.5. The molecule has 0 spiro atoms. The molecule has 5 heteroatoms. The minimum atomic E-state index is 0.0601. The van der Waals surface area contributed by atoms with E-state index in [9.17, 15) is 4.79 Å². The van der Waals surface area contributed by atoms with Crippen LogP contribution in [0.25, 0.3) is 0 Å². The number of nitrogens with zero attached hydrogens (tertiary/aromatic N) is 2. The number of hydrogen-bond donors (Lipinski definition) is 2. The van der Waals surface area contributed by atoms with Gasteiger partial charge in [0.1, 0.15) is 0 Å². The van der Waals surface area contributed by atoms with Crippen molar-refractivity contribution in [2.24, 2.45) is 5.73 Å². The molecule has 0 fully saturated rings. The number of carbonyl (C=O) groups is 1. The van der Waals surface area contributed by atoms with Crippen molar-refractivity contribution < 1.29 is 4.79 Å². The monoisotopic (exact) mass is 224 g/mol. The molecule has 1 aromatic heterocycles. The largest absolute Gasteiger partial charge is 0.352 e. The van der Waals surface area contributed by atoms with E-state index in [-0.39, 0.29) is 18.0 Å². The summed E-state index contributed by atoms with van der Waals surface area (Å²) in [6, 6.07) is 0.185. The van der Waals surface area contributed by atoms with Gasteiger partial charge in [-0.1, -0.05) is 0 Å². The van der Waals surface area contributed by atoms with Gasteiger partial charge in [-0.05, 0) is 20.3 Å². The summed E-state index contributed by atoms with van der Waals surface area (Å²) in [5.74, 6) is 0.0601. The summed E-state index contributed by atoms with van der Waals surface area (Å²) in [5.41, 5.74) is 5.59. The zero-order valence-electron chi connectivity index (χ0n) is 9.89. The van der Waals surface area contributed by atoms with Crippen LogP contribution in [-0.2, 0) is 11.3 Å². The lowest BCUT2D eigenvalue weighted by Gasteiger charge is -2.14. The highest BCUT2D eigenvalue weighted by Gasteiger charge is 2.08. The molecule has 1 rings (SSSR count). The molecule has 0 saturated carbocycles. The molecule has 0 aliphatic heterocycles. The van der Waals surface area contributed by atoms with Gasteiger partial charge >= 0.3 is 0 Å². The molecule has 0 bridgehead atoms. The Bertz CT molecular complexity index is 308. The average Bonchev–Trinajstić information content (AvgIpc) is 2.67. The maximum Gasteiger partial charge on any atom is 0.220 e. The number of nitrogens with one attached hydrogen (secondary N) is 1. The van der Waals surface area contributed by atoms with Gasteiger partial charge in [0.25, 0.3) is 0 Å². The third-order valence-electron chi connectivity index (χ3n) is 2.28. The topological polar surface area (TPSA) is 72.9 Å². The van der Waals surface area contributed by atoms with Gasteiger partial charge < -0.3 is 15.6 Å². The summed E-state index contributed by atoms with van der Waals surface area (Å²) in [4.78, 5) is 15.4. The van der Waals surface area contributed by atoms with Crippen LogP contribution in [-0.4, -0.2) is 27.5 Å². The van der Waals surface area contributed by atoms with Crippen LogP contribution in [0.4, 0.5) is 0 Å². The second kappa shape index (κ2) is 6.27. The van der Waals surface area contributed by atoms with E-state index < -0.39 is 0 Å². The molecule has 0 aliphatic carbocycles. The van der Waals surface area contributed by atoms with E-state index in [2.05, 4.69) is 10.3 Å². The fraction of sp³-hybridized carbons (Fsp3) is 0.636. The highest BCUT2D eigenvalue weighted by molar-refractivity contribution is 5.76. The quantitative estimate of drug-likeness (QED) is 0.739. The minimum absolute atomic E-state index is 0.0601. The van der Waals surface area contributed by atoms with E-state index in [1.165, 1.54) is 0 Å². The number of hydrogen-bond acceptors (Lipinski definition) is 3. The second-order valence-corrected chi connectivity index (χ2v) is 4.24. The van der Waals surface area contributed by atoms with Crippen molar-refractivity contribution in [3.05, 3.63) is 18.7 Å². The van der Waals surface area contributed by atoms with E-state index in [0.717, 1.165) is 13.0 Å². The molecular weight excluding hydrogens is 204 g/mol. The normalized spacial score (nSPS) is 14.4. The van der Waals surface area contributed by atoms with Gasteiger partial charge in [-0.25, -0.2) is 4.98 Å². The van der Waals surface area contributed by atoms with E-state index in [1.807, 2.05) is 24.6 Å². The van der Waals surface area contributed by atoms with Gasteiger partial charge in [-0.3, -0.25) is 4.79 Å². The summed E-state index contributed by atoms with van der Waals surface area (Å²) < 4.78 is 1.94. The molecule has 1 aromatic rings. The molecule has 16 heavy (non-hydrogen) atoms. The van der Waals surface area contributed by atoms with Crippen molar-refractivity contribution in [2.45, 2.75) is 45.3 Å². The van der Waals surface area contributed by atoms with E-state index in [1.54, 1.807) is 12.5 Å². The first kappa shape index (κ1) is 12.7. The van der Waals surface area contributed by atoms with Crippen molar-refractivity contribution in [1.29, 1.82) is 0 Å². The first-order valence-electron chi connectivity index (χ1n) is 5.58. The third kappa shape index (κ3) is 4.93. The first-order valence-corrected chi connectivity index (χ1v) is 5.58. The second-order valence-electron chi connectivity index (χ2n) is 4.24. The number of rotatable bonds is 6. The summed E-state index contributed by atoms with van der Waals surface area (Å²) in [6.07, 6.45) is 6.56. The molecule has 0 aromatic carbocycles. The molecular formula is C11H20N4O. The van der Waals surface area contributed by atoms with Crippen molar-refractivity contribution in [3.8, 4) is 0 Å². The van der Waals surface area contributed by atoms with Gasteiger partial charge in [0.2, 0.25) is 5.91 Å². The van der Waals surface area contributed by atoms with Crippen molar-refractivity contribution in [1.82, 2.24) is 14.9 Å². The number of amides is 1. The Balaban J connectivity index is 2.23. The van der Waals surface area contributed by atoms with Gasteiger partial charge in [0, 0.05) is 37.4 Å². The SMILES string of the molecule is CC(N)CCC(=O)NC(C)Cn1ccnc1. The average molecular weight is 224 g/mol. The zero-order chi connectivity index (χ0) is 12.0. The van der Waals surface area contributed by atoms with Crippen molar-refractivity contribution in [3.63, 3.8) is 0 Å². The minimum Gasteiger partial charge on any atom is -0.352 e. The molecule has 1 heterocycles. The van der Waals surface area contributed by atoms with Crippen LogP contribution in [0.5, 0.6) is 0 Å². The van der Waals surface area contributed by atoms with Gasteiger partial charge in [-0.2, -0.15) is 0 Å². The fourth-order valence-corrected chi connectivity index (χ4v) is 1.46. The molecule has 1 amide bonds. The Morgan fingerprint density at radius 1 is 1.56 bits per heavy atom. The number of imidazole rings is 1. The van der Waals surface area contributed by atoms with Crippen LogP contribution in [0, 0.1) is 0 Å². The molecule has 0 saturated heterocycles. The Morgan fingerprint density at radius 2 is 2.31 bits per heavy atom. The molecule has 2 unspecified atom stereocenters. The highest BCUT2D eigenvalue weighted by atomic mass is 16.1. The van der Waals surface area contributed by atoms with E-state index >= 15 is 0 Å². The van der Waals surface area contributed by atoms with Crippen LogP contribution < -0.4 is 11.1 Å². The van der Waals surface area contributed by atoms with Crippen molar-refractivity contribution >= 4 is 5.91 Å². The lowest BCUT2D eigenvalue weighted by atomic mass is 10.2. The molecule has 3 N–H and O–H groups in total. The first-order chi connectivity index (χ1) is 7.58. The van der Waals surface area contributed by atoms with Crippen LogP contribution in [0.2, 0.25) is 0 Å². The lowest BCUT2D eigenvalue weighted by Crippen LogP contribution is -2.36.